The number of nitrogens with one attached hydrogen (secondary N) is 2. The largest absolute Gasteiger partial charge is 0.480 e. The SMILES string of the molecule is Cc1ccccc1CNC(=O)N[C@H](C(=O)O)C(C)(C)C. The van der Waals surface area contributed by atoms with Gasteiger partial charge in [-0.1, -0.05) is 45.0 Å². The predicted octanol–water partition coefficient (Wildman–Crippen LogP) is 2.29. The van der Waals surface area contributed by atoms with E-state index < -0.39 is 23.5 Å². The van der Waals surface area contributed by atoms with Crippen molar-refractivity contribution >= 4 is 12.0 Å². The molecule has 110 valence electrons. The first-order valence-corrected chi connectivity index (χ1v) is 6.53. The number of benzene rings is 1. The zero-order valence-electron chi connectivity index (χ0n) is 12.4. The number of hydrogen-bond acceptors (Lipinski definition) is 2. The molecular formula is C15H22N2O3. The molecule has 1 rings (SSSR count). The molecule has 0 aliphatic carbocycles. The number of aryl methyl sites for hydroxylation is 1. The Bertz CT molecular complexity index is 492. The van der Waals surface area contributed by atoms with E-state index in [1.165, 1.54) is 0 Å². The van der Waals surface area contributed by atoms with Crippen molar-refractivity contribution in [3.63, 3.8) is 0 Å². The summed E-state index contributed by atoms with van der Waals surface area (Å²) in [5.74, 6) is -1.04. The quantitative estimate of drug-likeness (QED) is 0.790. The van der Waals surface area contributed by atoms with Crippen LogP contribution >= 0.6 is 0 Å². The van der Waals surface area contributed by atoms with Crippen LogP contribution in [-0.4, -0.2) is 23.1 Å². The Morgan fingerprint density at radius 2 is 1.85 bits per heavy atom. The van der Waals surface area contributed by atoms with Gasteiger partial charge in [0.15, 0.2) is 0 Å². The van der Waals surface area contributed by atoms with Crippen molar-refractivity contribution < 1.29 is 14.7 Å². The number of carbonyl (C=O) groups excluding carboxylic acids is 1. The van der Waals surface area contributed by atoms with E-state index in [2.05, 4.69) is 10.6 Å². The van der Waals surface area contributed by atoms with Crippen molar-refractivity contribution in [2.75, 3.05) is 0 Å². The minimum atomic E-state index is -1.04. The van der Waals surface area contributed by atoms with E-state index in [1.54, 1.807) is 20.8 Å². The van der Waals surface area contributed by atoms with Crippen molar-refractivity contribution in [3.8, 4) is 0 Å². The summed E-state index contributed by atoms with van der Waals surface area (Å²) in [7, 11) is 0. The van der Waals surface area contributed by atoms with Crippen LogP contribution in [0.25, 0.3) is 0 Å². The average molecular weight is 278 g/mol. The van der Waals surface area contributed by atoms with Crippen LogP contribution in [0.2, 0.25) is 0 Å². The Kier molecular flexibility index (Phi) is 5.13. The summed E-state index contributed by atoms with van der Waals surface area (Å²) in [6, 6.07) is 6.31. The molecule has 5 heteroatoms. The first kappa shape index (κ1) is 16.0. The van der Waals surface area contributed by atoms with Gasteiger partial charge in [-0.15, -0.1) is 0 Å². The zero-order chi connectivity index (χ0) is 15.3. The molecular weight excluding hydrogens is 256 g/mol. The van der Waals surface area contributed by atoms with Gasteiger partial charge >= 0.3 is 12.0 Å². The van der Waals surface area contributed by atoms with Crippen molar-refractivity contribution in [2.24, 2.45) is 5.41 Å². The third kappa shape index (κ3) is 4.57. The molecule has 1 aromatic carbocycles. The number of carbonyl (C=O) groups is 2. The van der Waals surface area contributed by atoms with E-state index in [-0.39, 0.29) is 0 Å². The molecule has 20 heavy (non-hydrogen) atoms. The van der Waals surface area contributed by atoms with Crippen LogP contribution in [0.4, 0.5) is 4.79 Å². The molecule has 5 nitrogen and oxygen atoms in total. The molecule has 3 N–H and O–H groups in total. The molecule has 1 atom stereocenters. The maximum absolute atomic E-state index is 11.8. The number of urea groups is 1. The van der Waals surface area contributed by atoms with E-state index in [0.29, 0.717) is 6.54 Å². The van der Waals surface area contributed by atoms with Gasteiger partial charge in [-0.2, -0.15) is 0 Å². The van der Waals surface area contributed by atoms with Crippen molar-refractivity contribution in [1.29, 1.82) is 0 Å². The second kappa shape index (κ2) is 6.41. The fraction of sp³-hybridized carbons (Fsp3) is 0.467. The standard InChI is InChI=1S/C15H22N2O3/c1-10-7-5-6-8-11(10)9-16-14(20)17-12(13(18)19)15(2,3)4/h5-8,12H,9H2,1-4H3,(H,18,19)(H2,16,17,20)/t12-/m1/s1. The van der Waals surface area contributed by atoms with Crippen LogP contribution in [0.5, 0.6) is 0 Å². The Hall–Kier alpha value is -2.04. The number of hydrogen-bond donors (Lipinski definition) is 3. The topological polar surface area (TPSA) is 78.4 Å². The molecule has 0 aromatic heterocycles. The van der Waals surface area contributed by atoms with Crippen LogP contribution in [0.15, 0.2) is 24.3 Å². The van der Waals surface area contributed by atoms with E-state index in [0.717, 1.165) is 11.1 Å². The summed E-state index contributed by atoms with van der Waals surface area (Å²) in [5, 5.41) is 14.3. The van der Waals surface area contributed by atoms with Crippen molar-refractivity contribution in [1.82, 2.24) is 10.6 Å². The third-order valence-electron chi connectivity index (χ3n) is 3.09. The lowest BCUT2D eigenvalue weighted by molar-refractivity contribution is -0.141. The lowest BCUT2D eigenvalue weighted by Gasteiger charge is -2.27. The molecule has 0 unspecified atom stereocenters. The Labute approximate surface area is 119 Å². The number of aliphatic carboxylic acids is 1. The fourth-order valence-corrected chi connectivity index (χ4v) is 1.81. The normalized spacial score (nSPS) is 12.6. The van der Waals surface area contributed by atoms with Gasteiger partial charge in [0.1, 0.15) is 6.04 Å². The first-order valence-electron chi connectivity index (χ1n) is 6.53. The highest BCUT2D eigenvalue weighted by molar-refractivity contribution is 5.83. The Morgan fingerprint density at radius 1 is 1.25 bits per heavy atom. The summed E-state index contributed by atoms with van der Waals surface area (Å²) < 4.78 is 0. The summed E-state index contributed by atoms with van der Waals surface area (Å²) in [5.41, 5.74) is 1.54. The Balaban J connectivity index is 2.60. The Morgan fingerprint density at radius 3 is 2.35 bits per heavy atom. The second-order valence-electron chi connectivity index (χ2n) is 5.89. The fourth-order valence-electron chi connectivity index (χ4n) is 1.81. The maximum atomic E-state index is 11.8. The number of amides is 2. The highest BCUT2D eigenvalue weighted by Gasteiger charge is 2.32. The van der Waals surface area contributed by atoms with Crippen LogP contribution in [0.1, 0.15) is 31.9 Å². The van der Waals surface area contributed by atoms with Crippen molar-refractivity contribution in [3.05, 3.63) is 35.4 Å². The summed E-state index contributed by atoms with van der Waals surface area (Å²) in [6.07, 6.45) is 0. The molecule has 2 amide bonds. The van der Waals surface area contributed by atoms with Crippen molar-refractivity contribution in [2.45, 2.75) is 40.3 Å². The number of carboxylic acids is 1. The summed E-state index contributed by atoms with van der Waals surface area (Å²) >= 11 is 0. The molecule has 0 radical (unpaired) electrons. The van der Waals surface area contributed by atoms with Gasteiger partial charge in [-0.25, -0.2) is 9.59 Å². The van der Waals surface area contributed by atoms with Gasteiger partial charge < -0.3 is 15.7 Å². The minimum Gasteiger partial charge on any atom is -0.480 e. The summed E-state index contributed by atoms with van der Waals surface area (Å²) in [4.78, 5) is 23.0. The second-order valence-corrected chi connectivity index (χ2v) is 5.89. The van der Waals surface area contributed by atoms with E-state index in [1.807, 2.05) is 31.2 Å². The highest BCUT2D eigenvalue weighted by Crippen LogP contribution is 2.19. The first-order chi connectivity index (χ1) is 9.21. The van der Waals surface area contributed by atoms with Gasteiger partial charge in [0.2, 0.25) is 0 Å². The molecule has 0 bridgehead atoms. The summed E-state index contributed by atoms with van der Waals surface area (Å²) in [6.45, 7) is 7.65. The van der Waals surface area contributed by atoms with Gasteiger partial charge in [-0.05, 0) is 23.5 Å². The molecule has 0 aliphatic rings. The van der Waals surface area contributed by atoms with E-state index >= 15 is 0 Å². The molecule has 0 heterocycles. The molecule has 1 aromatic rings. The molecule has 0 saturated carbocycles. The van der Waals surface area contributed by atoms with Crippen LogP contribution in [0.3, 0.4) is 0 Å². The molecule has 0 spiro atoms. The zero-order valence-corrected chi connectivity index (χ0v) is 12.4. The third-order valence-corrected chi connectivity index (χ3v) is 3.09. The smallest absolute Gasteiger partial charge is 0.326 e. The molecule has 0 fully saturated rings. The minimum absolute atomic E-state index is 0.370. The number of carboxylic acid groups (broad SMARTS) is 1. The van der Waals surface area contributed by atoms with E-state index in [9.17, 15) is 9.59 Å². The van der Waals surface area contributed by atoms with Crippen LogP contribution < -0.4 is 10.6 Å². The van der Waals surface area contributed by atoms with Gasteiger partial charge in [0.25, 0.3) is 0 Å². The predicted molar refractivity (Wildman–Crippen MR) is 77.4 cm³/mol. The van der Waals surface area contributed by atoms with Gasteiger partial charge in [0, 0.05) is 6.54 Å². The number of rotatable bonds is 4. The lowest BCUT2D eigenvalue weighted by atomic mass is 9.87. The monoisotopic (exact) mass is 278 g/mol. The lowest BCUT2D eigenvalue weighted by Crippen LogP contribution is -2.52. The maximum Gasteiger partial charge on any atom is 0.326 e. The molecule has 0 saturated heterocycles. The van der Waals surface area contributed by atoms with Crippen LogP contribution in [0, 0.1) is 12.3 Å². The van der Waals surface area contributed by atoms with Gasteiger partial charge in [-0.3, -0.25) is 0 Å². The average Bonchev–Trinajstić information content (AvgIpc) is 2.33. The van der Waals surface area contributed by atoms with Gasteiger partial charge in [0.05, 0.1) is 0 Å². The van der Waals surface area contributed by atoms with E-state index in [4.69, 9.17) is 5.11 Å². The highest BCUT2D eigenvalue weighted by atomic mass is 16.4. The molecule has 0 aliphatic heterocycles. The van der Waals surface area contributed by atoms with Crippen LogP contribution in [-0.2, 0) is 11.3 Å².